The molecule has 2 aromatic heterocycles. The van der Waals surface area contributed by atoms with Crippen molar-refractivity contribution >= 4 is 22.3 Å². The first kappa shape index (κ1) is 18.2. The van der Waals surface area contributed by atoms with Crippen LogP contribution in [0, 0.1) is 13.8 Å². The van der Waals surface area contributed by atoms with Crippen molar-refractivity contribution in [1.82, 2.24) is 9.97 Å². The Hall–Kier alpha value is -3.18. The third kappa shape index (κ3) is 4.05. The molecule has 0 fully saturated rings. The Labute approximate surface area is 169 Å². The van der Waals surface area contributed by atoms with E-state index in [0.29, 0.717) is 5.13 Å². The van der Waals surface area contributed by atoms with Crippen LogP contribution in [0.15, 0.2) is 66.9 Å². The molecule has 5 heteroatoms. The van der Waals surface area contributed by atoms with Crippen LogP contribution >= 0.6 is 11.3 Å². The molecule has 0 radical (unpaired) electrons. The van der Waals surface area contributed by atoms with Gasteiger partial charge in [-0.25, -0.2) is 9.97 Å². The van der Waals surface area contributed by atoms with Crippen molar-refractivity contribution in [3.8, 4) is 21.7 Å². The number of nitrogens with two attached hydrogens (primary N) is 1. The van der Waals surface area contributed by atoms with Crippen molar-refractivity contribution in [2.24, 2.45) is 0 Å². The highest BCUT2D eigenvalue weighted by Crippen LogP contribution is 2.39. The number of anilines is 2. The van der Waals surface area contributed by atoms with E-state index in [1.807, 2.05) is 30.5 Å². The monoisotopic (exact) mass is 386 g/mol. The number of aryl methyl sites for hydroxylation is 2. The van der Waals surface area contributed by atoms with E-state index in [1.54, 1.807) is 0 Å². The van der Waals surface area contributed by atoms with E-state index in [4.69, 9.17) is 5.73 Å². The van der Waals surface area contributed by atoms with Gasteiger partial charge >= 0.3 is 0 Å². The van der Waals surface area contributed by atoms with Gasteiger partial charge in [0.1, 0.15) is 5.82 Å². The maximum atomic E-state index is 6.08. The number of nitrogen functional groups attached to an aromatic ring is 1. The number of thiazole rings is 1. The van der Waals surface area contributed by atoms with Gasteiger partial charge in [0, 0.05) is 18.3 Å². The molecule has 0 unspecified atom stereocenters. The number of aromatic nitrogens is 2. The second kappa shape index (κ2) is 7.82. The normalized spacial score (nSPS) is 10.8. The summed E-state index contributed by atoms with van der Waals surface area (Å²) in [5.74, 6) is 0.833. The van der Waals surface area contributed by atoms with Gasteiger partial charge in [0.25, 0.3) is 0 Å². The molecule has 4 nitrogen and oxygen atoms in total. The SMILES string of the molecule is Cc1cc(C)cc(-c2nc(N)sc2-c2ccnc(NCc3ccccc3)c2)c1. The summed E-state index contributed by atoms with van der Waals surface area (Å²) in [6.45, 7) is 4.93. The summed E-state index contributed by atoms with van der Waals surface area (Å²) in [5.41, 5.74) is 12.8. The Morgan fingerprint density at radius 1 is 0.929 bits per heavy atom. The minimum Gasteiger partial charge on any atom is -0.375 e. The molecule has 0 spiro atoms. The Bertz CT molecular complexity index is 1080. The molecular formula is C23H22N4S. The van der Waals surface area contributed by atoms with E-state index in [9.17, 15) is 0 Å². The Kier molecular flexibility index (Phi) is 5.08. The lowest BCUT2D eigenvalue weighted by atomic mass is 10.0. The minimum atomic E-state index is 0.569. The van der Waals surface area contributed by atoms with Gasteiger partial charge in [0.2, 0.25) is 0 Å². The molecule has 4 aromatic rings. The van der Waals surface area contributed by atoms with Crippen LogP contribution in [0.2, 0.25) is 0 Å². The largest absolute Gasteiger partial charge is 0.375 e. The number of rotatable bonds is 5. The van der Waals surface area contributed by atoms with Crippen LogP contribution in [-0.4, -0.2) is 9.97 Å². The molecule has 2 heterocycles. The molecule has 4 rings (SSSR count). The molecule has 140 valence electrons. The predicted molar refractivity (Wildman–Crippen MR) is 118 cm³/mol. The van der Waals surface area contributed by atoms with E-state index in [1.165, 1.54) is 28.0 Å². The topological polar surface area (TPSA) is 63.8 Å². The highest BCUT2D eigenvalue weighted by atomic mass is 32.1. The average Bonchev–Trinajstić information content (AvgIpc) is 3.09. The maximum Gasteiger partial charge on any atom is 0.181 e. The van der Waals surface area contributed by atoms with Gasteiger partial charge in [-0.05, 0) is 49.2 Å². The Morgan fingerprint density at radius 2 is 1.68 bits per heavy atom. The first-order valence-corrected chi connectivity index (χ1v) is 9.99. The van der Waals surface area contributed by atoms with Crippen molar-refractivity contribution in [3.05, 3.63) is 83.6 Å². The van der Waals surface area contributed by atoms with Gasteiger partial charge in [-0.2, -0.15) is 0 Å². The van der Waals surface area contributed by atoms with Crippen LogP contribution < -0.4 is 11.1 Å². The van der Waals surface area contributed by atoms with Crippen molar-refractivity contribution in [3.63, 3.8) is 0 Å². The lowest BCUT2D eigenvalue weighted by Crippen LogP contribution is -2.01. The molecule has 2 aromatic carbocycles. The lowest BCUT2D eigenvalue weighted by Gasteiger charge is -2.09. The minimum absolute atomic E-state index is 0.569. The summed E-state index contributed by atoms with van der Waals surface area (Å²) in [4.78, 5) is 10.1. The van der Waals surface area contributed by atoms with Gasteiger partial charge in [-0.3, -0.25) is 0 Å². The molecule has 0 aliphatic rings. The van der Waals surface area contributed by atoms with E-state index >= 15 is 0 Å². The van der Waals surface area contributed by atoms with Gasteiger partial charge in [0.15, 0.2) is 5.13 Å². The number of nitrogens with zero attached hydrogens (tertiary/aromatic N) is 2. The van der Waals surface area contributed by atoms with Crippen molar-refractivity contribution in [2.45, 2.75) is 20.4 Å². The van der Waals surface area contributed by atoms with Crippen LogP contribution in [0.3, 0.4) is 0 Å². The zero-order chi connectivity index (χ0) is 19.5. The third-order valence-corrected chi connectivity index (χ3v) is 5.41. The number of benzene rings is 2. The van der Waals surface area contributed by atoms with E-state index in [-0.39, 0.29) is 0 Å². The van der Waals surface area contributed by atoms with Crippen LogP contribution in [0.1, 0.15) is 16.7 Å². The van der Waals surface area contributed by atoms with Crippen LogP contribution in [0.5, 0.6) is 0 Å². The molecule has 0 amide bonds. The summed E-state index contributed by atoms with van der Waals surface area (Å²) in [7, 11) is 0. The first-order chi connectivity index (χ1) is 13.6. The molecule has 0 saturated heterocycles. The van der Waals surface area contributed by atoms with Crippen molar-refractivity contribution in [1.29, 1.82) is 0 Å². The summed E-state index contributed by atoms with van der Waals surface area (Å²) in [6.07, 6.45) is 1.82. The van der Waals surface area contributed by atoms with E-state index in [0.717, 1.165) is 34.1 Å². The standard InChI is InChI=1S/C23H22N4S/c1-15-10-16(2)12-19(11-15)21-22(28-23(24)27-21)18-8-9-25-20(13-18)26-14-17-6-4-3-5-7-17/h3-13H,14H2,1-2H3,(H2,24,27)(H,25,26). The number of hydrogen-bond acceptors (Lipinski definition) is 5. The van der Waals surface area contributed by atoms with E-state index < -0.39 is 0 Å². The smallest absolute Gasteiger partial charge is 0.181 e. The second-order valence-electron chi connectivity index (χ2n) is 6.88. The maximum absolute atomic E-state index is 6.08. The number of nitrogens with one attached hydrogen (secondary N) is 1. The summed E-state index contributed by atoms with van der Waals surface area (Å²) in [6, 6.07) is 20.8. The summed E-state index contributed by atoms with van der Waals surface area (Å²) >= 11 is 1.51. The highest BCUT2D eigenvalue weighted by Gasteiger charge is 2.15. The molecule has 0 atom stereocenters. The molecule has 0 aliphatic heterocycles. The van der Waals surface area contributed by atoms with Crippen LogP contribution in [0.4, 0.5) is 10.9 Å². The van der Waals surface area contributed by atoms with Crippen LogP contribution in [-0.2, 0) is 6.54 Å². The lowest BCUT2D eigenvalue weighted by molar-refractivity contribution is 1.11. The second-order valence-corrected chi connectivity index (χ2v) is 7.91. The molecule has 0 saturated carbocycles. The zero-order valence-corrected chi connectivity index (χ0v) is 16.8. The van der Waals surface area contributed by atoms with Crippen molar-refractivity contribution in [2.75, 3.05) is 11.1 Å². The average molecular weight is 387 g/mol. The third-order valence-electron chi connectivity index (χ3n) is 4.48. The molecular weight excluding hydrogens is 364 g/mol. The fourth-order valence-corrected chi connectivity index (χ4v) is 4.15. The zero-order valence-electron chi connectivity index (χ0n) is 15.9. The molecule has 3 N–H and O–H groups in total. The summed E-state index contributed by atoms with van der Waals surface area (Å²) in [5, 5.41) is 3.97. The summed E-state index contributed by atoms with van der Waals surface area (Å²) < 4.78 is 0. The Morgan fingerprint density at radius 3 is 2.43 bits per heavy atom. The van der Waals surface area contributed by atoms with Gasteiger partial charge < -0.3 is 11.1 Å². The molecule has 28 heavy (non-hydrogen) atoms. The predicted octanol–water partition coefficient (Wildman–Crippen LogP) is 5.68. The van der Waals surface area contributed by atoms with Gasteiger partial charge in [-0.15, -0.1) is 0 Å². The molecule has 0 aliphatic carbocycles. The van der Waals surface area contributed by atoms with Crippen LogP contribution in [0.25, 0.3) is 21.7 Å². The number of hydrogen-bond donors (Lipinski definition) is 2. The molecule has 0 bridgehead atoms. The van der Waals surface area contributed by atoms with Gasteiger partial charge in [0.05, 0.1) is 10.6 Å². The number of pyridine rings is 1. The first-order valence-electron chi connectivity index (χ1n) is 9.18. The van der Waals surface area contributed by atoms with Gasteiger partial charge in [-0.1, -0.05) is 58.9 Å². The van der Waals surface area contributed by atoms with E-state index in [2.05, 4.69) is 65.5 Å². The quantitative estimate of drug-likeness (QED) is 0.463. The fourth-order valence-electron chi connectivity index (χ4n) is 3.30. The van der Waals surface area contributed by atoms with Crippen molar-refractivity contribution < 1.29 is 0 Å². The highest BCUT2D eigenvalue weighted by molar-refractivity contribution is 7.19. The fraction of sp³-hybridized carbons (Fsp3) is 0.130. The Balaban J connectivity index is 1.66.